The molecule has 1 amide bonds. The third-order valence-electron chi connectivity index (χ3n) is 5.87. The monoisotopic (exact) mass is 544 g/mol. The predicted octanol–water partition coefficient (Wildman–Crippen LogP) is 4.06. The van der Waals surface area contributed by atoms with Crippen LogP contribution in [0, 0.1) is 0 Å². The van der Waals surface area contributed by atoms with Gasteiger partial charge in [-0.3, -0.25) is 9.59 Å². The summed E-state index contributed by atoms with van der Waals surface area (Å²) in [6.07, 6.45) is 0. The maximum Gasteiger partial charge on any atom is 0.290 e. The summed E-state index contributed by atoms with van der Waals surface area (Å²) in [7, 11) is 6.61. The number of halogens is 1. The molecule has 2 heterocycles. The number of likely N-dealkylation sites (N-methyl/N-ethyl adjacent to an activating group) is 1. The minimum Gasteiger partial charge on any atom is -0.503 e. The van der Waals surface area contributed by atoms with Crippen LogP contribution in [0.15, 0.2) is 56.6 Å². The quantitative estimate of drug-likeness (QED) is 0.408. The normalized spacial score (nSPS) is 16.0. The molecule has 0 aliphatic carbocycles. The van der Waals surface area contributed by atoms with Crippen molar-refractivity contribution in [1.82, 2.24) is 9.80 Å². The van der Waals surface area contributed by atoms with Gasteiger partial charge in [0.1, 0.15) is 0 Å². The zero-order chi connectivity index (χ0) is 25.4. The van der Waals surface area contributed by atoms with E-state index in [1.54, 1.807) is 30.3 Å². The number of methoxy groups -OCH3 is 2. The Morgan fingerprint density at radius 1 is 1.14 bits per heavy atom. The fraction of sp³-hybridized carbons (Fsp3) is 0.280. The molecule has 4 rings (SSSR count). The molecule has 0 bridgehead atoms. The number of hydrogen-bond donors (Lipinski definition) is 2. The van der Waals surface area contributed by atoms with Gasteiger partial charge in [-0.05, 0) is 59.9 Å². The second-order valence-electron chi connectivity index (χ2n) is 8.34. The van der Waals surface area contributed by atoms with Crippen molar-refractivity contribution in [3.05, 3.63) is 63.5 Å². The van der Waals surface area contributed by atoms with E-state index in [1.165, 1.54) is 25.2 Å². The topological polar surface area (TPSA) is 113 Å². The van der Waals surface area contributed by atoms with Crippen molar-refractivity contribution < 1.29 is 33.7 Å². The first-order valence-corrected chi connectivity index (χ1v) is 11.5. The molecule has 184 valence electrons. The summed E-state index contributed by atoms with van der Waals surface area (Å²) in [4.78, 5) is 30.2. The van der Waals surface area contributed by atoms with Crippen LogP contribution in [0.2, 0.25) is 0 Å². The van der Waals surface area contributed by atoms with Gasteiger partial charge in [0.15, 0.2) is 34.4 Å². The minimum atomic E-state index is -0.934. The molecule has 1 aliphatic heterocycles. The largest absolute Gasteiger partial charge is 0.503 e. The lowest BCUT2D eigenvalue weighted by Gasteiger charge is -2.28. The number of Topliss-reactive ketones (excluding diaryl/α,β-unsaturated/α-hetero) is 1. The number of rotatable bonds is 8. The number of furan rings is 1. The fourth-order valence-electron chi connectivity index (χ4n) is 4.12. The molecule has 10 heteroatoms. The SMILES string of the molecule is COc1cc(C2C(C(=O)c3cc4cccc(OC)c4o3)=C(O)C(=O)N2CCN(C)C)cc(Br)c1O. The number of hydrogen-bond acceptors (Lipinski definition) is 8. The number of nitrogens with zero attached hydrogens (tertiary/aromatic N) is 2. The van der Waals surface area contributed by atoms with Gasteiger partial charge in [-0.15, -0.1) is 0 Å². The Hall–Kier alpha value is -3.50. The van der Waals surface area contributed by atoms with Crippen molar-refractivity contribution in [2.24, 2.45) is 0 Å². The molecule has 0 radical (unpaired) electrons. The van der Waals surface area contributed by atoms with Crippen LogP contribution >= 0.6 is 15.9 Å². The highest BCUT2D eigenvalue weighted by Crippen LogP contribution is 2.44. The van der Waals surface area contributed by atoms with Crippen LogP contribution in [0.25, 0.3) is 11.0 Å². The maximum absolute atomic E-state index is 13.7. The van der Waals surface area contributed by atoms with Crippen molar-refractivity contribution in [1.29, 1.82) is 0 Å². The van der Waals surface area contributed by atoms with Gasteiger partial charge in [0, 0.05) is 18.5 Å². The number of amides is 1. The molecule has 3 aromatic rings. The number of carbonyl (C=O) groups excluding carboxylic acids is 2. The lowest BCUT2D eigenvalue weighted by Crippen LogP contribution is -2.36. The van der Waals surface area contributed by atoms with E-state index < -0.39 is 23.5 Å². The van der Waals surface area contributed by atoms with Crippen LogP contribution in [0.1, 0.15) is 22.2 Å². The number of aromatic hydroxyl groups is 1. The summed E-state index contributed by atoms with van der Waals surface area (Å²) in [6.45, 7) is 0.737. The van der Waals surface area contributed by atoms with Gasteiger partial charge in [-0.1, -0.05) is 12.1 Å². The molecule has 1 aromatic heterocycles. The number of para-hydroxylation sites is 1. The summed E-state index contributed by atoms with van der Waals surface area (Å²) >= 11 is 3.30. The van der Waals surface area contributed by atoms with Crippen LogP contribution in [0.3, 0.4) is 0 Å². The first kappa shape index (κ1) is 24.6. The Balaban J connectivity index is 1.85. The number of fused-ring (bicyclic) bond motifs is 1. The molecular formula is C25H25BrN2O7. The summed E-state index contributed by atoms with van der Waals surface area (Å²) < 4.78 is 16.7. The Morgan fingerprint density at radius 3 is 2.51 bits per heavy atom. The lowest BCUT2D eigenvalue weighted by molar-refractivity contribution is -0.129. The van der Waals surface area contributed by atoms with Gasteiger partial charge in [-0.2, -0.15) is 0 Å². The van der Waals surface area contributed by atoms with E-state index in [4.69, 9.17) is 13.9 Å². The van der Waals surface area contributed by atoms with Crippen LogP contribution in [0.4, 0.5) is 0 Å². The zero-order valence-electron chi connectivity index (χ0n) is 19.7. The molecule has 1 aliphatic rings. The summed E-state index contributed by atoms with van der Waals surface area (Å²) in [6, 6.07) is 9.00. The number of ketones is 1. The minimum absolute atomic E-state index is 0.0388. The van der Waals surface area contributed by atoms with E-state index in [0.717, 1.165) is 0 Å². The van der Waals surface area contributed by atoms with Gasteiger partial charge < -0.3 is 33.9 Å². The van der Waals surface area contributed by atoms with Crippen molar-refractivity contribution in [3.63, 3.8) is 0 Å². The number of phenolic OH excluding ortho intramolecular Hbond substituents is 1. The highest BCUT2D eigenvalue weighted by Gasteiger charge is 2.45. The smallest absolute Gasteiger partial charge is 0.290 e. The van der Waals surface area contributed by atoms with Crippen LogP contribution in [0.5, 0.6) is 17.2 Å². The molecule has 2 aromatic carbocycles. The van der Waals surface area contributed by atoms with Gasteiger partial charge in [-0.25, -0.2) is 0 Å². The Kier molecular flexibility index (Phi) is 6.77. The molecule has 2 N–H and O–H groups in total. The first-order valence-electron chi connectivity index (χ1n) is 10.7. The van der Waals surface area contributed by atoms with Crippen molar-refractivity contribution in [2.75, 3.05) is 41.4 Å². The summed E-state index contributed by atoms with van der Waals surface area (Å²) in [5.41, 5.74) is 0.740. The van der Waals surface area contributed by atoms with Crippen LogP contribution < -0.4 is 9.47 Å². The molecule has 0 spiro atoms. The van der Waals surface area contributed by atoms with E-state index in [1.807, 2.05) is 19.0 Å². The maximum atomic E-state index is 13.7. The highest BCUT2D eigenvalue weighted by atomic mass is 79.9. The van der Waals surface area contributed by atoms with E-state index >= 15 is 0 Å². The second-order valence-corrected chi connectivity index (χ2v) is 9.19. The predicted molar refractivity (Wildman–Crippen MR) is 132 cm³/mol. The van der Waals surface area contributed by atoms with Crippen LogP contribution in [-0.4, -0.2) is 73.1 Å². The Morgan fingerprint density at radius 2 is 1.86 bits per heavy atom. The summed E-state index contributed by atoms with van der Waals surface area (Å²) in [5, 5.41) is 21.8. The Bertz CT molecular complexity index is 1350. The number of aliphatic hydroxyl groups is 1. The Labute approximate surface area is 210 Å². The average Bonchev–Trinajstić information content (AvgIpc) is 3.38. The first-order chi connectivity index (χ1) is 16.7. The molecule has 1 unspecified atom stereocenters. The molecule has 35 heavy (non-hydrogen) atoms. The van der Waals surface area contributed by atoms with E-state index in [0.29, 0.717) is 33.3 Å². The second kappa shape index (κ2) is 9.63. The molecule has 0 saturated heterocycles. The number of ether oxygens (including phenoxy) is 2. The zero-order valence-corrected chi connectivity index (χ0v) is 21.2. The van der Waals surface area contributed by atoms with Crippen molar-refractivity contribution in [3.8, 4) is 17.2 Å². The number of aliphatic hydroxyl groups excluding tert-OH is 1. The van der Waals surface area contributed by atoms with Gasteiger partial charge in [0.2, 0.25) is 5.78 Å². The third-order valence-corrected chi connectivity index (χ3v) is 6.48. The van der Waals surface area contributed by atoms with Gasteiger partial charge in [0.25, 0.3) is 5.91 Å². The standard InChI is InChI=1S/C25H25BrN2O7/c1-27(2)8-9-28-20(14-10-15(26)21(29)17(12-14)34-4)19(23(31)25(28)32)22(30)18-11-13-6-5-7-16(33-3)24(13)35-18/h5-7,10-12,20,29,31H,8-9H2,1-4H3. The molecule has 1 atom stereocenters. The number of benzene rings is 2. The van der Waals surface area contributed by atoms with E-state index in [-0.39, 0.29) is 29.4 Å². The average molecular weight is 545 g/mol. The van der Waals surface area contributed by atoms with E-state index in [9.17, 15) is 19.8 Å². The summed E-state index contributed by atoms with van der Waals surface area (Å²) in [5.74, 6) is -1.49. The lowest BCUT2D eigenvalue weighted by atomic mass is 9.94. The van der Waals surface area contributed by atoms with Crippen molar-refractivity contribution in [2.45, 2.75) is 6.04 Å². The van der Waals surface area contributed by atoms with Gasteiger partial charge >= 0.3 is 0 Å². The number of phenols is 1. The highest BCUT2D eigenvalue weighted by molar-refractivity contribution is 9.10. The molecule has 9 nitrogen and oxygen atoms in total. The molecule has 0 fully saturated rings. The number of carbonyl (C=O) groups is 2. The fourth-order valence-corrected chi connectivity index (χ4v) is 4.58. The molecular weight excluding hydrogens is 520 g/mol. The van der Waals surface area contributed by atoms with E-state index in [2.05, 4.69) is 15.9 Å². The van der Waals surface area contributed by atoms with Crippen molar-refractivity contribution >= 4 is 38.6 Å². The third kappa shape index (κ3) is 4.35. The van der Waals surface area contributed by atoms with Gasteiger partial charge in [0.05, 0.1) is 30.3 Å². The van der Waals surface area contributed by atoms with Crippen LogP contribution in [-0.2, 0) is 4.79 Å². The molecule has 0 saturated carbocycles.